The van der Waals surface area contributed by atoms with Crippen LogP contribution in [-0.2, 0) is 0 Å². The van der Waals surface area contributed by atoms with E-state index >= 15 is 0 Å². The Kier molecular flexibility index (Phi) is 3.43. The van der Waals surface area contributed by atoms with E-state index < -0.39 is 6.04 Å². The highest BCUT2D eigenvalue weighted by Gasteiger charge is 2.08. The third-order valence-corrected chi connectivity index (χ3v) is 2.41. The number of halogens is 1. The number of aliphatic hydroxyl groups excluding tert-OH is 1. The van der Waals surface area contributed by atoms with Crippen molar-refractivity contribution in [3.8, 4) is 6.07 Å². The smallest absolute Gasteiger partial charge is 0.0992 e. The molecule has 13 heavy (non-hydrogen) atoms. The topological polar surface area (TPSA) is 70.0 Å². The molecular weight excluding hydrogens is 232 g/mol. The third kappa shape index (κ3) is 2.28. The monoisotopic (exact) mass is 240 g/mol. The zero-order valence-corrected chi connectivity index (χ0v) is 8.45. The van der Waals surface area contributed by atoms with E-state index in [1.165, 1.54) is 0 Å². The summed E-state index contributed by atoms with van der Waals surface area (Å²) >= 11 is 3.29. The van der Waals surface area contributed by atoms with Crippen LogP contribution in [0.15, 0.2) is 22.7 Å². The summed E-state index contributed by atoms with van der Waals surface area (Å²) < 4.78 is 0.758. The molecular formula is C9H9BrN2O. The van der Waals surface area contributed by atoms with Gasteiger partial charge >= 0.3 is 0 Å². The number of rotatable bonds is 2. The fourth-order valence-corrected chi connectivity index (χ4v) is 1.67. The van der Waals surface area contributed by atoms with E-state index in [1.807, 2.05) is 6.07 Å². The maximum atomic E-state index is 8.83. The number of hydrogen-bond donors (Lipinski definition) is 2. The van der Waals surface area contributed by atoms with Crippen molar-refractivity contribution < 1.29 is 5.11 Å². The maximum absolute atomic E-state index is 8.83. The van der Waals surface area contributed by atoms with Gasteiger partial charge in [-0.3, -0.25) is 0 Å². The Bertz CT molecular complexity index is 346. The minimum absolute atomic E-state index is 0.107. The van der Waals surface area contributed by atoms with Gasteiger partial charge in [0.05, 0.1) is 24.3 Å². The number of benzene rings is 1. The van der Waals surface area contributed by atoms with Crippen molar-refractivity contribution >= 4 is 15.9 Å². The van der Waals surface area contributed by atoms with Gasteiger partial charge < -0.3 is 10.8 Å². The Morgan fingerprint density at radius 1 is 1.62 bits per heavy atom. The minimum atomic E-state index is -0.401. The fourth-order valence-electron chi connectivity index (χ4n) is 0.996. The first-order valence-corrected chi connectivity index (χ1v) is 4.54. The Balaban J connectivity index is 3.07. The molecule has 0 saturated heterocycles. The second-order valence-corrected chi connectivity index (χ2v) is 3.49. The lowest BCUT2D eigenvalue weighted by Crippen LogP contribution is -2.14. The van der Waals surface area contributed by atoms with Gasteiger partial charge in [0.15, 0.2) is 0 Å². The first kappa shape index (κ1) is 10.2. The molecule has 0 heterocycles. The van der Waals surface area contributed by atoms with E-state index in [2.05, 4.69) is 15.9 Å². The molecule has 0 aliphatic carbocycles. The van der Waals surface area contributed by atoms with Crippen molar-refractivity contribution in [1.82, 2.24) is 0 Å². The molecule has 0 amide bonds. The lowest BCUT2D eigenvalue weighted by atomic mass is 10.1. The molecule has 3 nitrogen and oxygen atoms in total. The summed E-state index contributed by atoms with van der Waals surface area (Å²) in [5.74, 6) is 0. The second kappa shape index (κ2) is 4.38. The van der Waals surface area contributed by atoms with E-state index in [1.54, 1.807) is 18.2 Å². The molecule has 0 unspecified atom stereocenters. The predicted octanol–water partition coefficient (Wildman–Crippen LogP) is 1.31. The van der Waals surface area contributed by atoms with Crippen LogP contribution in [0, 0.1) is 11.3 Å². The molecule has 4 heteroatoms. The van der Waals surface area contributed by atoms with Gasteiger partial charge in [0.2, 0.25) is 0 Å². The lowest BCUT2D eigenvalue weighted by Gasteiger charge is -2.10. The normalized spacial score (nSPS) is 12.2. The highest BCUT2D eigenvalue weighted by atomic mass is 79.9. The molecule has 0 bridgehead atoms. The quantitative estimate of drug-likeness (QED) is 0.820. The minimum Gasteiger partial charge on any atom is -0.394 e. The standard InChI is InChI=1S/C9H9BrN2O/c10-8-3-6(4-11)1-2-7(8)9(12)5-13/h1-3,9,13H,5,12H2/t9-/m0/s1. The Morgan fingerprint density at radius 2 is 2.31 bits per heavy atom. The van der Waals surface area contributed by atoms with Crippen molar-refractivity contribution in [2.75, 3.05) is 6.61 Å². The van der Waals surface area contributed by atoms with Crippen molar-refractivity contribution in [2.45, 2.75) is 6.04 Å². The van der Waals surface area contributed by atoms with Crippen molar-refractivity contribution in [2.24, 2.45) is 5.73 Å². The van der Waals surface area contributed by atoms with Crippen LogP contribution in [-0.4, -0.2) is 11.7 Å². The summed E-state index contributed by atoms with van der Waals surface area (Å²) in [5, 5.41) is 17.4. The van der Waals surface area contributed by atoms with E-state index in [0.717, 1.165) is 10.0 Å². The predicted molar refractivity (Wildman–Crippen MR) is 52.9 cm³/mol. The third-order valence-electron chi connectivity index (χ3n) is 1.73. The van der Waals surface area contributed by atoms with Crippen LogP contribution in [0.4, 0.5) is 0 Å². The van der Waals surface area contributed by atoms with E-state index in [-0.39, 0.29) is 6.61 Å². The van der Waals surface area contributed by atoms with Gasteiger partial charge in [-0.2, -0.15) is 5.26 Å². The maximum Gasteiger partial charge on any atom is 0.0992 e. The van der Waals surface area contributed by atoms with E-state index in [4.69, 9.17) is 16.1 Å². The number of nitrogens with two attached hydrogens (primary N) is 1. The van der Waals surface area contributed by atoms with Crippen LogP contribution in [0.1, 0.15) is 17.2 Å². The molecule has 0 saturated carbocycles. The van der Waals surface area contributed by atoms with E-state index in [9.17, 15) is 0 Å². The SMILES string of the molecule is N#Cc1ccc([C@@H](N)CO)c(Br)c1. The van der Waals surface area contributed by atoms with Crippen LogP contribution in [0.2, 0.25) is 0 Å². The average molecular weight is 241 g/mol. The largest absolute Gasteiger partial charge is 0.394 e. The van der Waals surface area contributed by atoms with Gasteiger partial charge in [-0.1, -0.05) is 22.0 Å². The van der Waals surface area contributed by atoms with Crippen LogP contribution >= 0.6 is 15.9 Å². The van der Waals surface area contributed by atoms with Gasteiger partial charge in [0.1, 0.15) is 0 Å². The van der Waals surface area contributed by atoms with Crippen molar-refractivity contribution in [1.29, 1.82) is 5.26 Å². The average Bonchev–Trinajstić information content (AvgIpc) is 2.16. The number of nitriles is 1. The molecule has 68 valence electrons. The van der Waals surface area contributed by atoms with Crippen LogP contribution in [0.3, 0.4) is 0 Å². The molecule has 1 rings (SSSR count). The molecule has 0 aliphatic heterocycles. The molecule has 1 atom stereocenters. The zero-order valence-electron chi connectivity index (χ0n) is 6.87. The first-order chi connectivity index (χ1) is 6.19. The fraction of sp³-hybridized carbons (Fsp3) is 0.222. The van der Waals surface area contributed by atoms with Gasteiger partial charge in [0.25, 0.3) is 0 Å². The number of nitrogens with zero attached hydrogens (tertiary/aromatic N) is 1. The zero-order chi connectivity index (χ0) is 9.84. The summed E-state index contributed by atoms with van der Waals surface area (Å²) in [6, 6.07) is 6.72. The molecule has 1 aromatic rings. The molecule has 0 aromatic heterocycles. The Labute approximate surface area is 84.9 Å². The van der Waals surface area contributed by atoms with Crippen LogP contribution < -0.4 is 5.73 Å². The first-order valence-electron chi connectivity index (χ1n) is 3.75. The van der Waals surface area contributed by atoms with Gasteiger partial charge in [-0.15, -0.1) is 0 Å². The van der Waals surface area contributed by atoms with Crippen molar-refractivity contribution in [3.63, 3.8) is 0 Å². The number of hydrogen-bond acceptors (Lipinski definition) is 3. The molecule has 0 spiro atoms. The molecule has 0 fully saturated rings. The summed E-state index contributed by atoms with van der Waals surface area (Å²) in [5.41, 5.74) is 7.00. The van der Waals surface area contributed by atoms with Crippen LogP contribution in [0.5, 0.6) is 0 Å². The summed E-state index contributed by atoms with van der Waals surface area (Å²) in [6.45, 7) is -0.107. The summed E-state index contributed by atoms with van der Waals surface area (Å²) in [6.07, 6.45) is 0. The molecule has 1 aromatic carbocycles. The molecule has 0 aliphatic rings. The second-order valence-electron chi connectivity index (χ2n) is 2.64. The highest BCUT2D eigenvalue weighted by molar-refractivity contribution is 9.10. The summed E-state index contributed by atoms with van der Waals surface area (Å²) in [7, 11) is 0. The molecule has 0 radical (unpaired) electrons. The Morgan fingerprint density at radius 3 is 2.77 bits per heavy atom. The number of aliphatic hydroxyl groups is 1. The Hall–Kier alpha value is -0.890. The van der Waals surface area contributed by atoms with Crippen molar-refractivity contribution in [3.05, 3.63) is 33.8 Å². The van der Waals surface area contributed by atoms with Gasteiger partial charge in [0, 0.05) is 4.47 Å². The summed E-state index contributed by atoms with van der Waals surface area (Å²) in [4.78, 5) is 0. The van der Waals surface area contributed by atoms with Gasteiger partial charge in [-0.25, -0.2) is 0 Å². The van der Waals surface area contributed by atoms with E-state index in [0.29, 0.717) is 5.56 Å². The lowest BCUT2D eigenvalue weighted by molar-refractivity contribution is 0.267. The molecule has 3 N–H and O–H groups in total. The van der Waals surface area contributed by atoms with Gasteiger partial charge in [-0.05, 0) is 17.7 Å². The van der Waals surface area contributed by atoms with Crippen LogP contribution in [0.25, 0.3) is 0 Å². The highest BCUT2D eigenvalue weighted by Crippen LogP contribution is 2.22.